The lowest BCUT2D eigenvalue weighted by Gasteiger charge is -2.35. The van der Waals surface area contributed by atoms with Crippen molar-refractivity contribution in [1.82, 2.24) is 14.9 Å². The summed E-state index contributed by atoms with van der Waals surface area (Å²) in [4.78, 5) is 21.7. The third kappa shape index (κ3) is 4.50. The molecule has 0 bridgehead atoms. The van der Waals surface area contributed by atoms with E-state index in [0.717, 1.165) is 19.4 Å². The topological polar surface area (TPSA) is 75.6 Å². The number of hydrogen-bond acceptors (Lipinski definition) is 5. The van der Waals surface area contributed by atoms with Gasteiger partial charge in [-0.25, -0.2) is 9.78 Å². The fourth-order valence-corrected chi connectivity index (χ4v) is 4.15. The number of rotatable bonds is 7. The number of aromatic carboxylic acids is 1. The number of benzene rings is 1. The monoisotopic (exact) mass is 381 g/mol. The number of carboxylic acids is 1. The molecule has 2 fully saturated rings. The zero-order valence-corrected chi connectivity index (χ0v) is 16.3. The summed E-state index contributed by atoms with van der Waals surface area (Å²) in [6.45, 7) is 5.80. The maximum atomic E-state index is 11.1. The summed E-state index contributed by atoms with van der Waals surface area (Å²) in [6, 6.07) is 10.7. The molecule has 1 saturated carbocycles. The molecule has 1 aliphatic heterocycles. The summed E-state index contributed by atoms with van der Waals surface area (Å²) in [6.07, 6.45) is 4.83. The van der Waals surface area contributed by atoms with Gasteiger partial charge in [0.1, 0.15) is 0 Å². The molecular weight excluding hydrogens is 354 g/mol. The molecule has 2 heterocycles. The number of nitrogens with zero attached hydrogens (tertiary/aromatic N) is 3. The number of likely N-dealkylation sites (tertiary alicyclic amines) is 1. The molecule has 0 atom stereocenters. The maximum Gasteiger partial charge on any atom is 0.354 e. The Morgan fingerprint density at radius 3 is 2.57 bits per heavy atom. The van der Waals surface area contributed by atoms with Crippen LogP contribution in [0.2, 0.25) is 0 Å². The van der Waals surface area contributed by atoms with Crippen molar-refractivity contribution in [1.29, 1.82) is 0 Å². The molecule has 2 aromatic rings. The van der Waals surface area contributed by atoms with Crippen LogP contribution in [-0.4, -0.2) is 45.6 Å². The minimum atomic E-state index is -1.06. The van der Waals surface area contributed by atoms with Crippen LogP contribution in [0.1, 0.15) is 58.9 Å². The molecule has 1 saturated heterocycles. The summed E-state index contributed by atoms with van der Waals surface area (Å²) in [5, 5.41) is 9.08. The molecule has 1 aliphatic carbocycles. The third-order valence-corrected chi connectivity index (χ3v) is 5.79. The summed E-state index contributed by atoms with van der Waals surface area (Å²) in [7, 11) is 0. The highest BCUT2D eigenvalue weighted by molar-refractivity contribution is 5.85. The Balaban J connectivity index is 1.25. The molecule has 2 aliphatic rings. The van der Waals surface area contributed by atoms with Crippen molar-refractivity contribution in [2.75, 3.05) is 19.7 Å². The Kier molecular flexibility index (Phi) is 5.57. The Hall–Kier alpha value is -2.47. The summed E-state index contributed by atoms with van der Waals surface area (Å²) >= 11 is 0. The quantitative estimate of drug-likeness (QED) is 0.789. The lowest BCUT2D eigenvalue weighted by atomic mass is 9.72. The van der Waals surface area contributed by atoms with Gasteiger partial charge in [-0.05, 0) is 74.7 Å². The van der Waals surface area contributed by atoms with Gasteiger partial charge in [0.2, 0.25) is 0 Å². The highest BCUT2D eigenvalue weighted by Crippen LogP contribution is 2.41. The number of aryl methyl sites for hydroxylation is 1. The molecular formula is C22H27N3O3. The van der Waals surface area contributed by atoms with Gasteiger partial charge in [-0.3, -0.25) is 4.90 Å². The van der Waals surface area contributed by atoms with Crippen LogP contribution in [0.5, 0.6) is 6.01 Å². The molecule has 1 aromatic heterocycles. The fraction of sp³-hybridized carbons (Fsp3) is 0.500. The minimum Gasteiger partial charge on any atom is -0.477 e. The normalized spacial score (nSPS) is 22.0. The zero-order valence-electron chi connectivity index (χ0n) is 16.3. The van der Waals surface area contributed by atoms with Crippen LogP contribution < -0.4 is 4.74 Å². The molecule has 6 heteroatoms. The van der Waals surface area contributed by atoms with E-state index in [0.29, 0.717) is 24.1 Å². The lowest BCUT2D eigenvalue weighted by molar-refractivity contribution is 0.0687. The van der Waals surface area contributed by atoms with Gasteiger partial charge in [0, 0.05) is 12.2 Å². The molecule has 28 heavy (non-hydrogen) atoms. The van der Waals surface area contributed by atoms with Crippen molar-refractivity contribution in [3.8, 4) is 6.01 Å². The maximum absolute atomic E-state index is 11.1. The molecule has 1 aromatic carbocycles. The Bertz CT molecular complexity index is 825. The molecule has 0 radical (unpaired) electrons. The van der Waals surface area contributed by atoms with E-state index in [4.69, 9.17) is 9.84 Å². The largest absolute Gasteiger partial charge is 0.477 e. The number of carbonyl (C=O) groups is 1. The minimum absolute atomic E-state index is 0.0250. The third-order valence-electron chi connectivity index (χ3n) is 5.79. The van der Waals surface area contributed by atoms with E-state index in [1.807, 2.05) is 0 Å². The van der Waals surface area contributed by atoms with Crippen LogP contribution in [0.25, 0.3) is 0 Å². The van der Waals surface area contributed by atoms with Crippen LogP contribution in [0.3, 0.4) is 0 Å². The van der Waals surface area contributed by atoms with E-state index < -0.39 is 5.97 Å². The molecule has 148 valence electrons. The van der Waals surface area contributed by atoms with E-state index >= 15 is 0 Å². The van der Waals surface area contributed by atoms with Gasteiger partial charge >= 0.3 is 12.0 Å². The first-order chi connectivity index (χ1) is 13.6. The zero-order chi connectivity index (χ0) is 19.5. The second-order valence-electron chi connectivity index (χ2n) is 8.05. The SMILES string of the molecule is Cc1cc(C(=O)O)nc(OCC2CC(c3ccc(CN4CCCC4)cc3)C2)n1. The average molecular weight is 381 g/mol. The lowest BCUT2D eigenvalue weighted by Crippen LogP contribution is -2.27. The molecule has 0 spiro atoms. The molecule has 1 N–H and O–H groups in total. The highest BCUT2D eigenvalue weighted by atomic mass is 16.5. The molecule has 6 nitrogen and oxygen atoms in total. The van der Waals surface area contributed by atoms with Crippen molar-refractivity contribution in [2.45, 2.75) is 45.1 Å². The fourth-order valence-electron chi connectivity index (χ4n) is 4.15. The number of carboxylic acid groups (broad SMARTS) is 1. The summed E-state index contributed by atoms with van der Waals surface area (Å²) in [5.74, 6) is -0.0126. The number of aromatic nitrogens is 2. The van der Waals surface area contributed by atoms with Crippen molar-refractivity contribution >= 4 is 5.97 Å². The van der Waals surface area contributed by atoms with Gasteiger partial charge < -0.3 is 9.84 Å². The van der Waals surface area contributed by atoms with Gasteiger partial charge in [-0.15, -0.1) is 0 Å². The van der Waals surface area contributed by atoms with E-state index in [1.54, 1.807) is 6.92 Å². The molecule has 0 amide bonds. The van der Waals surface area contributed by atoms with Gasteiger partial charge in [0.15, 0.2) is 5.69 Å². The number of hydrogen-bond donors (Lipinski definition) is 1. The van der Waals surface area contributed by atoms with Gasteiger partial charge in [0.25, 0.3) is 0 Å². The van der Waals surface area contributed by atoms with Crippen molar-refractivity contribution < 1.29 is 14.6 Å². The number of ether oxygens (including phenoxy) is 1. The second kappa shape index (κ2) is 8.27. The second-order valence-corrected chi connectivity index (χ2v) is 8.05. The van der Waals surface area contributed by atoms with E-state index in [-0.39, 0.29) is 11.7 Å². The first-order valence-electron chi connectivity index (χ1n) is 10.1. The first-order valence-corrected chi connectivity index (χ1v) is 10.1. The predicted octanol–water partition coefficient (Wildman–Crippen LogP) is 3.65. The summed E-state index contributed by atoms with van der Waals surface area (Å²) in [5.41, 5.74) is 3.38. The van der Waals surface area contributed by atoms with Crippen molar-refractivity contribution in [3.63, 3.8) is 0 Å². The van der Waals surface area contributed by atoms with E-state index in [1.165, 1.54) is 43.1 Å². The Labute approximate surface area is 165 Å². The van der Waals surface area contributed by atoms with Crippen LogP contribution in [0.15, 0.2) is 30.3 Å². The molecule has 0 unspecified atom stereocenters. The highest BCUT2D eigenvalue weighted by Gasteiger charge is 2.31. The predicted molar refractivity (Wildman–Crippen MR) is 106 cm³/mol. The van der Waals surface area contributed by atoms with E-state index in [2.05, 4.69) is 39.1 Å². The van der Waals surface area contributed by atoms with Crippen LogP contribution in [0, 0.1) is 12.8 Å². The van der Waals surface area contributed by atoms with Crippen molar-refractivity contribution in [3.05, 3.63) is 52.8 Å². The van der Waals surface area contributed by atoms with Gasteiger partial charge in [0.05, 0.1) is 6.61 Å². The standard InChI is InChI=1S/C22H27N3O3/c1-15-10-20(21(26)27)24-22(23-15)28-14-17-11-19(12-17)18-6-4-16(5-7-18)13-25-8-2-3-9-25/h4-7,10,17,19H,2-3,8-9,11-14H2,1H3,(H,26,27). The average Bonchev–Trinajstić information content (AvgIpc) is 3.14. The van der Waals surface area contributed by atoms with Crippen LogP contribution in [0.4, 0.5) is 0 Å². The van der Waals surface area contributed by atoms with E-state index in [9.17, 15) is 4.79 Å². The van der Waals surface area contributed by atoms with Gasteiger partial charge in [-0.1, -0.05) is 24.3 Å². The van der Waals surface area contributed by atoms with Crippen LogP contribution >= 0.6 is 0 Å². The smallest absolute Gasteiger partial charge is 0.354 e. The molecule has 4 rings (SSSR count). The first kappa shape index (κ1) is 18.9. The Morgan fingerprint density at radius 2 is 1.89 bits per heavy atom. The van der Waals surface area contributed by atoms with Crippen molar-refractivity contribution in [2.24, 2.45) is 5.92 Å². The summed E-state index contributed by atoms with van der Waals surface area (Å²) < 4.78 is 5.67. The van der Waals surface area contributed by atoms with Crippen LogP contribution in [-0.2, 0) is 6.54 Å². The van der Waals surface area contributed by atoms with Gasteiger partial charge in [-0.2, -0.15) is 4.98 Å². The Morgan fingerprint density at radius 1 is 1.18 bits per heavy atom.